The van der Waals surface area contributed by atoms with Gasteiger partial charge in [-0.2, -0.15) is 0 Å². The van der Waals surface area contributed by atoms with E-state index in [1.165, 1.54) is 0 Å². The highest BCUT2D eigenvalue weighted by molar-refractivity contribution is 7.21. The Balaban J connectivity index is 1.84. The second-order valence-electron chi connectivity index (χ2n) is 5.87. The number of pyridine rings is 1. The largest absolute Gasteiger partial charge is 0.466 e. The van der Waals surface area contributed by atoms with E-state index in [1.54, 1.807) is 31.3 Å². The molecule has 1 aromatic carbocycles. The predicted molar refractivity (Wildman–Crippen MR) is 109 cm³/mol. The third-order valence-electron chi connectivity index (χ3n) is 3.95. The monoisotopic (exact) mass is 419 g/mol. The number of thiophene rings is 1. The Morgan fingerprint density at radius 3 is 2.71 bits per heavy atom. The third-order valence-corrected chi connectivity index (χ3v) is 5.38. The SMILES string of the molecule is CCOC(=O)CCc1ccc(Oc2ccnc3sc(C(N)=O)c(N)c23)c(Cl)c1. The molecule has 7 nitrogen and oxygen atoms in total. The second kappa shape index (κ2) is 8.45. The first-order valence-electron chi connectivity index (χ1n) is 8.49. The van der Waals surface area contributed by atoms with Crippen LogP contribution in [0.3, 0.4) is 0 Å². The molecular weight excluding hydrogens is 402 g/mol. The lowest BCUT2D eigenvalue weighted by molar-refractivity contribution is -0.143. The Morgan fingerprint density at radius 2 is 2.04 bits per heavy atom. The number of carbonyl (C=O) groups excluding carboxylic acids is 2. The lowest BCUT2D eigenvalue weighted by Crippen LogP contribution is -2.10. The molecule has 0 spiro atoms. The Bertz CT molecular complexity index is 1050. The van der Waals surface area contributed by atoms with Crippen LogP contribution in [0.15, 0.2) is 30.5 Å². The summed E-state index contributed by atoms with van der Waals surface area (Å²) in [6.45, 7) is 2.12. The van der Waals surface area contributed by atoms with Crippen LogP contribution in [0, 0.1) is 0 Å². The molecule has 0 aliphatic carbocycles. The highest BCUT2D eigenvalue weighted by atomic mass is 35.5. The number of hydrogen-bond acceptors (Lipinski definition) is 7. The number of nitrogen functional groups attached to an aromatic ring is 1. The van der Waals surface area contributed by atoms with Gasteiger partial charge in [0.25, 0.3) is 5.91 Å². The summed E-state index contributed by atoms with van der Waals surface area (Å²) in [5.74, 6) is -0.0283. The van der Waals surface area contributed by atoms with Gasteiger partial charge in [-0.25, -0.2) is 4.98 Å². The van der Waals surface area contributed by atoms with Gasteiger partial charge in [-0.05, 0) is 37.1 Å². The van der Waals surface area contributed by atoms with Crippen molar-refractivity contribution in [3.05, 3.63) is 45.9 Å². The molecule has 3 rings (SSSR count). The van der Waals surface area contributed by atoms with Gasteiger partial charge >= 0.3 is 5.97 Å². The summed E-state index contributed by atoms with van der Waals surface area (Å²) in [4.78, 5) is 28.0. The number of hydrogen-bond donors (Lipinski definition) is 2. The molecule has 0 unspecified atom stereocenters. The summed E-state index contributed by atoms with van der Waals surface area (Å²) < 4.78 is 10.8. The maximum Gasteiger partial charge on any atom is 0.306 e. The maximum absolute atomic E-state index is 11.5. The van der Waals surface area contributed by atoms with E-state index < -0.39 is 5.91 Å². The number of amides is 1. The molecule has 146 valence electrons. The number of rotatable bonds is 7. The average molecular weight is 420 g/mol. The van der Waals surface area contributed by atoms with Gasteiger partial charge in [0, 0.05) is 12.6 Å². The molecule has 0 radical (unpaired) electrons. The van der Waals surface area contributed by atoms with Gasteiger partial charge in [-0.15, -0.1) is 11.3 Å². The lowest BCUT2D eigenvalue weighted by Gasteiger charge is -2.10. The molecule has 0 atom stereocenters. The first kappa shape index (κ1) is 19.9. The molecule has 9 heteroatoms. The van der Waals surface area contributed by atoms with Gasteiger partial charge in [-0.3, -0.25) is 9.59 Å². The van der Waals surface area contributed by atoms with Gasteiger partial charge in [-0.1, -0.05) is 17.7 Å². The molecule has 2 aromatic heterocycles. The Hall–Kier alpha value is -2.84. The van der Waals surface area contributed by atoms with E-state index in [9.17, 15) is 9.59 Å². The number of benzene rings is 1. The van der Waals surface area contributed by atoms with Crippen molar-refractivity contribution in [2.24, 2.45) is 5.73 Å². The number of primary amides is 1. The number of fused-ring (bicyclic) bond motifs is 1. The Kier molecular flexibility index (Phi) is 6.01. The number of anilines is 1. The summed E-state index contributed by atoms with van der Waals surface area (Å²) in [7, 11) is 0. The number of halogens is 1. The fraction of sp³-hybridized carbons (Fsp3) is 0.211. The van der Waals surface area contributed by atoms with E-state index in [-0.39, 0.29) is 23.0 Å². The van der Waals surface area contributed by atoms with E-state index in [0.29, 0.717) is 39.8 Å². The van der Waals surface area contributed by atoms with Gasteiger partial charge in [0.15, 0.2) is 0 Å². The molecule has 0 bridgehead atoms. The van der Waals surface area contributed by atoms with Crippen LogP contribution in [0.1, 0.15) is 28.6 Å². The summed E-state index contributed by atoms with van der Waals surface area (Å²) in [5, 5.41) is 0.902. The van der Waals surface area contributed by atoms with Crippen LogP contribution in [0.25, 0.3) is 10.2 Å². The van der Waals surface area contributed by atoms with E-state index in [4.69, 9.17) is 32.5 Å². The number of ether oxygens (including phenoxy) is 2. The molecule has 2 heterocycles. The van der Waals surface area contributed by atoms with Crippen LogP contribution >= 0.6 is 22.9 Å². The zero-order valence-electron chi connectivity index (χ0n) is 15.0. The van der Waals surface area contributed by atoms with E-state index in [2.05, 4.69) is 4.98 Å². The van der Waals surface area contributed by atoms with Crippen molar-refractivity contribution in [2.75, 3.05) is 12.3 Å². The number of aryl methyl sites for hydroxylation is 1. The summed E-state index contributed by atoms with van der Waals surface area (Å²) in [6, 6.07) is 6.92. The molecule has 0 aliphatic rings. The van der Waals surface area contributed by atoms with Crippen LogP contribution in [-0.4, -0.2) is 23.5 Å². The van der Waals surface area contributed by atoms with Crippen LogP contribution in [0.4, 0.5) is 5.69 Å². The summed E-state index contributed by atoms with van der Waals surface area (Å²) in [6.07, 6.45) is 2.34. The highest BCUT2D eigenvalue weighted by Gasteiger charge is 2.19. The topological polar surface area (TPSA) is 118 Å². The predicted octanol–water partition coefficient (Wildman–Crippen LogP) is 3.92. The zero-order valence-corrected chi connectivity index (χ0v) is 16.6. The first-order chi connectivity index (χ1) is 13.4. The Morgan fingerprint density at radius 1 is 1.25 bits per heavy atom. The van der Waals surface area contributed by atoms with Crippen molar-refractivity contribution in [1.29, 1.82) is 0 Å². The smallest absolute Gasteiger partial charge is 0.306 e. The van der Waals surface area contributed by atoms with E-state index in [0.717, 1.165) is 16.9 Å². The number of esters is 1. The van der Waals surface area contributed by atoms with E-state index in [1.807, 2.05) is 6.07 Å². The minimum Gasteiger partial charge on any atom is -0.466 e. The molecule has 0 aliphatic heterocycles. The fourth-order valence-electron chi connectivity index (χ4n) is 2.67. The van der Waals surface area contributed by atoms with Gasteiger partial charge in [0.2, 0.25) is 0 Å². The standard InChI is InChI=1S/C19H18ClN3O4S/c1-2-26-14(24)6-4-10-3-5-12(11(20)9-10)27-13-7-8-23-19-15(13)16(21)17(28-19)18(22)25/h3,5,7-9H,2,4,6,21H2,1H3,(H2,22,25). The highest BCUT2D eigenvalue weighted by Crippen LogP contribution is 2.41. The van der Waals surface area contributed by atoms with Crippen molar-refractivity contribution < 1.29 is 19.1 Å². The van der Waals surface area contributed by atoms with Crippen molar-refractivity contribution in [2.45, 2.75) is 19.8 Å². The quantitative estimate of drug-likeness (QED) is 0.560. The van der Waals surface area contributed by atoms with Gasteiger partial charge in [0.1, 0.15) is 21.2 Å². The molecule has 3 aromatic rings. The number of nitrogens with zero attached hydrogens (tertiary/aromatic N) is 1. The second-order valence-corrected chi connectivity index (χ2v) is 7.28. The minimum absolute atomic E-state index is 0.234. The molecule has 0 fully saturated rings. The Labute approximate surface area is 170 Å². The summed E-state index contributed by atoms with van der Waals surface area (Å²) in [5.41, 5.74) is 12.5. The molecule has 0 saturated carbocycles. The first-order valence-corrected chi connectivity index (χ1v) is 9.68. The molecule has 1 amide bonds. The number of nitrogens with two attached hydrogens (primary N) is 2. The van der Waals surface area contributed by atoms with Gasteiger partial charge in [0.05, 0.1) is 22.7 Å². The van der Waals surface area contributed by atoms with Crippen molar-refractivity contribution >= 4 is 50.7 Å². The maximum atomic E-state index is 11.5. The van der Waals surface area contributed by atoms with Crippen molar-refractivity contribution in [1.82, 2.24) is 4.98 Å². The third kappa shape index (κ3) is 4.18. The van der Waals surface area contributed by atoms with Crippen LogP contribution < -0.4 is 16.2 Å². The van der Waals surface area contributed by atoms with Crippen molar-refractivity contribution in [3.63, 3.8) is 0 Å². The molecule has 4 N–H and O–H groups in total. The summed E-state index contributed by atoms with van der Waals surface area (Å²) >= 11 is 7.45. The van der Waals surface area contributed by atoms with Gasteiger partial charge < -0.3 is 20.9 Å². The van der Waals surface area contributed by atoms with Crippen LogP contribution in [0.2, 0.25) is 5.02 Å². The molecule has 0 saturated heterocycles. The normalized spacial score (nSPS) is 10.8. The van der Waals surface area contributed by atoms with Crippen molar-refractivity contribution in [3.8, 4) is 11.5 Å². The minimum atomic E-state index is -0.615. The molecule has 28 heavy (non-hydrogen) atoms. The molecular formula is C19H18ClN3O4S. The van der Waals surface area contributed by atoms with E-state index >= 15 is 0 Å². The lowest BCUT2D eigenvalue weighted by atomic mass is 10.1. The van der Waals surface area contributed by atoms with Crippen LogP contribution in [0.5, 0.6) is 11.5 Å². The zero-order chi connectivity index (χ0) is 20.3. The number of aromatic nitrogens is 1. The number of carbonyl (C=O) groups is 2. The fourth-order valence-corrected chi connectivity index (χ4v) is 3.84. The average Bonchev–Trinajstić information content (AvgIpc) is 3.00. The van der Waals surface area contributed by atoms with Crippen LogP contribution in [-0.2, 0) is 16.0 Å².